The second-order valence-electron chi connectivity index (χ2n) is 9.39. The molecule has 4 saturated carbocycles. The smallest absolute Gasteiger partial charge is 0.514 e. The SMILES string of the molecule is CCC1(OC(=O)Oc2cc(C(=O)[O-])ccc2[N+](=O)[O-])CC2CC1C1C3CCC(C3)C21. The second kappa shape index (κ2) is 6.68. The van der Waals surface area contributed by atoms with Gasteiger partial charge in [-0.25, -0.2) is 4.79 Å². The van der Waals surface area contributed by atoms with E-state index in [1.54, 1.807) is 0 Å². The van der Waals surface area contributed by atoms with Crippen LogP contribution >= 0.6 is 0 Å². The van der Waals surface area contributed by atoms with Crippen LogP contribution in [0.3, 0.4) is 0 Å². The van der Waals surface area contributed by atoms with Gasteiger partial charge < -0.3 is 19.4 Å². The number of carbonyl (C=O) groups is 2. The summed E-state index contributed by atoms with van der Waals surface area (Å²) in [5.41, 5.74) is -1.41. The summed E-state index contributed by atoms with van der Waals surface area (Å²) in [4.78, 5) is 34.3. The Morgan fingerprint density at radius 2 is 1.90 bits per heavy atom. The lowest BCUT2D eigenvalue weighted by atomic mass is 9.65. The summed E-state index contributed by atoms with van der Waals surface area (Å²) in [6.07, 6.45) is 5.44. The van der Waals surface area contributed by atoms with Crippen LogP contribution in [-0.2, 0) is 4.74 Å². The summed E-state index contributed by atoms with van der Waals surface area (Å²) >= 11 is 0. The van der Waals surface area contributed by atoms with Gasteiger partial charge in [0.05, 0.1) is 10.9 Å². The molecule has 0 N–H and O–H groups in total. The maximum absolute atomic E-state index is 12.7. The Balaban J connectivity index is 1.36. The third kappa shape index (κ3) is 2.72. The Bertz CT molecular complexity index is 930. The lowest BCUT2D eigenvalue weighted by Crippen LogP contribution is -2.47. The standard InChI is InChI=1S/C22H25NO7/c1-2-22(10-14-8-15(22)19-12-4-3-11(7-12)18(14)19)30-21(26)29-17-9-13(20(24)25)5-6-16(17)23(27)28/h5-6,9,11-12,14-15,18-19H,2-4,7-8,10H2,1H3,(H,24,25)/p-1. The maximum Gasteiger partial charge on any atom is 0.514 e. The molecule has 160 valence electrons. The van der Waals surface area contributed by atoms with Gasteiger partial charge in [-0.05, 0) is 80.2 Å². The second-order valence-corrected chi connectivity index (χ2v) is 9.39. The molecule has 0 amide bonds. The molecule has 7 atom stereocenters. The van der Waals surface area contributed by atoms with Gasteiger partial charge in [0.1, 0.15) is 5.60 Å². The molecule has 0 radical (unpaired) electrons. The Kier molecular flexibility index (Phi) is 4.31. The van der Waals surface area contributed by atoms with E-state index in [2.05, 4.69) is 0 Å². The zero-order valence-electron chi connectivity index (χ0n) is 16.7. The van der Waals surface area contributed by atoms with Crippen molar-refractivity contribution in [3.63, 3.8) is 0 Å². The number of nitrogens with zero attached hydrogens (tertiary/aromatic N) is 1. The Morgan fingerprint density at radius 1 is 1.17 bits per heavy atom. The highest BCUT2D eigenvalue weighted by Gasteiger charge is 2.67. The molecule has 5 rings (SSSR count). The zero-order chi connectivity index (χ0) is 21.2. The van der Waals surface area contributed by atoms with Crippen molar-refractivity contribution < 1.29 is 29.1 Å². The average molecular weight is 414 g/mol. The van der Waals surface area contributed by atoms with Crippen molar-refractivity contribution >= 4 is 17.8 Å². The van der Waals surface area contributed by atoms with Crippen molar-refractivity contribution in [1.29, 1.82) is 0 Å². The van der Waals surface area contributed by atoms with E-state index in [4.69, 9.17) is 9.47 Å². The molecule has 4 aliphatic carbocycles. The van der Waals surface area contributed by atoms with Gasteiger partial charge in [0, 0.05) is 17.5 Å². The molecular formula is C22H24NO7-. The minimum atomic E-state index is -1.51. The fraction of sp³-hybridized carbons (Fsp3) is 0.636. The molecule has 0 saturated heterocycles. The number of fused-ring (bicyclic) bond motifs is 9. The van der Waals surface area contributed by atoms with Gasteiger partial charge in [-0.15, -0.1) is 0 Å². The Morgan fingerprint density at radius 3 is 2.57 bits per heavy atom. The number of aromatic carboxylic acids is 1. The highest BCUT2D eigenvalue weighted by molar-refractivity contribution is 5.87. The molecule has 0 aromatic heterocycles. The monoisotopic (exact) mass is 414 g/mol. The Labute approximate surface area is 173 Å². The predicted molar refractivity (Wildman–Crippen MR) is 102 cm³/mol. The van der Waals surface area contributed by atoms with Gasteiger partial charge in [0.25, 0.3) is 0 Å². The number of hydrogen-bond donors (Lipinski definition) is 0. The first-order chi connectivity index (χ1) is 14.3. The maximum atomic E-state index is 12.7. The van der Waals surface area contributed by atoms with E-state index in [-0.39, 0.29) is 5.56 Å². The first kappa shape index (κ1) is 19.3. The molecule has 30 heavy (non-hydrogen) atoms. The van der Waals surface area contributed by atoms with Crippen LogP contribution in [-0.4, -0.2) is 22.6 Å². The van der Waals surface area contributed by atoms with Crippen molar-refractivity contribution in [3.8, 4) is 5.75 Å². The van der Waals surface area contributed by atoms with Crippen molar-refractivity contribution in [2.24, 2.45) is 35.5 Å². The van der Waals surface area contributed by atoms with Gasteiger partial charge in [0.15, 0.2) is 0 Å². The molecule has 4 aliphatic rings. The Hall–Kier alpha value is -2.64. The normalized spacial score (nSPS) is 37.8. The van der Waals surface area contributed by atoms with Crippen LogP contribution in [0.15, 0.2) is 18.2 Å². The van der Waals surface area contributed by atoms with E-state index in [1.807, 2.05) is 6.92 Å². The third-order valence-electron chi connectivity index (χ3n) is 8.37. The summed E-state index contributed by atoms with van der Waals surface area (Å²) < 4.78 is 11.1. The molecule has 4 bridgehead atoms. The minimum absolute atomic E-state index is 0.307. The minimum Gasteiger partial charge on any atom is -0.545 e. The number of hydrogen-bond acceptors (Lipinski definition) is 7. The van der Waals surface area contributed by atoms with Crippen molar-refractivity contribution in [2.75, 3.05) is 0 Å². The van der Waals surface area contributed by atoms with Crippen LogP contribution in [0.4, 0.5) is 10.5 Å². The number of carboxylic acid groups (broad SMARTS) is 1. The third-order valence-corrected chi connectivity index (χ3v) is 8.37. The van der Waals surface area contributed by atoms with Crippen LogP contribution in [0.1, 0.15) is 55.8 Å². The number of nitro benzene ring substituents is 1. The van der Waals surface area contributed by atoms with Gasteiger partial charge in [-0.1, -0.05) is 6.92 Å². The number of carboxylic acids is 1. The summed E-state index contributed by atoms with van der Waals surface area (Å²) in [5.74, 6) is 1.83. The summed E-state index contributed by atoms with van der Waals surface area (Å²) in [6.45, 7) is 2.01. The number of rotatable bonds is 5. The average Bonchev–Trinajstić information content (AvgIpc) is 3.46. The van der Waals surface area contributed by atoms with Gasteiger partial charge in [-0.2, -0.15) is 0 Å². The van der Waals surface area contributed by atoms with E-state index < -0.39 is 34.1 Å². The molecule has 4 fully saturated rings. The van der Waals surface area contributed by atoms with E-state index in [0.29, 0.717) is 24.2 Å². The number of carbonyl (C=O) groups excluding carboxylic acids is 2. The summed E-state index contributed by atoms with van der Waals surface area (Å²) in [7, 11) is 0. The van der Waals surface area contributed by atoms with E-state index in [9.17, 15) is 24.8 Å². The molecule has 0 aliphatic heterocycles. The van der Waals surface area contributed by atoms with Gasteiger partial charge >= 0.3 is 11.8 Å². The summed E-state index contributed by atoms with van der Waals surface area (Å²) in [5, 5.41) is 22.4. The van der Waals surface area contributed by atoms with Crippen molar-refractivity contribution in [3.05, 3.63) is 33.9 Å². The molecule has 1 aromatic rings. The zero-order valence-corrected chi connectivity index (χ0v) is 16.7. The molecule has 7 unspecified atom stereocenters. The quantitative estimate of drug-likeness (QED) is 0.238. The fourth-order valence-electron chi connectivity index (χ4n) is 7.44. The molecular weight excluding hydrogens is 390 g/mol. The van der Waals surface area contributed by atoms with Gasteiger partial charge in [0.2, 0.25) is 5.75 Å². The lowest BCUT2D eigenvalue weighted by molar-refractivity contribution is -0.385. The van der Waals surface area contributed by atoms with E-state index in [1.165, 1.54) is 19.3 Å². The van der Waals surface area contributed by atoms with Crippen LogP contribution < -0.4 is 9.84 Å². The molecule has 1 aromatic carbocycles. The number of nitro groups is 1. The first-order valence-corrected chi connectivity index (χ1v) is 10.7. The number of ether oxygens (including phenoxy) is 2. The van der Waals surface area contributed by atoms with Crippen LogP contribution in [0.5, 0.6) is 5.75 Å². The molecule has 0 spiro atoms. The largest absolute Gasteiger partial charge is 0.545 e. The molecule has 0 heterocycles. The highest BCUT2D eigenvalue weighted by atomic mass is 16.7. The molecule has 8 nitrogen and oxygen atoms in total. The fourth-order valence-corrected chi connectivity index (χ4v) is 7.44. The van der Waals surface area contributed by atoms with Crippen molar-refractivity contribution in [2.45, 2.75) is 51.0 Å². The predicted octanol–water partition coefficient (Wildman–Crippen LogP) is 3.32. The van der Waals surface area contributed by atoms with Crippen molar-refractivity contribution in [1.82, 2.24) is 0 Å². The van der Waals surface area contributed by atoms with E-state index in [0.717, 1.165) is 48.8 Å². The van der Waals surface area contributed by atoms with Crippen LogP contribution in [0.2, 0.25) is 0 Å². The van der Waals surface area contributed by atoms with Gasteiger partial charge in [-0.3, -0.25) is 10.1 Å². The number of benzene rings is 1. The molecule has 8 heteroatoms. The lowest BCUT2D eigenvalue weighted by Gasteiger charge is -2.45. The van der Waals surface area contributed by atoms with Crippen LogP contribution in [0, 0.1) is 45.6 Å². The summed E-state index contributed by atoms with van der Waals surface area (Å²) in [6, 6.07) is 2.96. The van der Waals surface area contributed by atoms with E-state index >= 15 is 0 Å². The first-order valence-electron chi connectivity index (χ1n) is 10.7. The highest BCUT2D eigenvalue weighted by Crippen LogP contribution is 2.70. The van der Waals surface area contributed by atoms with Crippen LogP contribution in [0.25, 0.3) is 0 Å². The topological polar surface area (TPSA) is 119 Å².